The molecule has 17 heavy (non-hydrogen) atoms. The Morgan fingerprint density at radius 2 is 2.06 bits per heavy atom. The van der Waals surface area contributed by atoms with Crippen molar-refractivity contribution in [1.82, 2.24) is 5.32 Å². The van der Waals surface area contributed by atoms with Gasteiger partial charge in [0.25, 0.3) is 0 Å². The van der Waals surface area contributed by atoms with E-state index in [1.165, 1.54) is 6.07 Å². The van der Waals surface area contributed by atoms with E-state index < -0.39 is 0 Å². The van der Waals surface area contributed by atoms with Crippen molar-refractivity contribution >= 4 is 0 Å². The van der Waals surface area contributed by atoms with Gasteiger partial charge in [-0.25, -0.2) is 4.39 Å². The molecule has 1 rings (SSSR count). The summed E-state index contributed by atoms with van der Waals surface area (Å²) in [5.41, 5.74) is 1.08. The van der Waals surface area contributed by atoms with Crippen LogP contribution in [-0.2, 0) is 6.42 Å². The first kappa shape index (κ1) is 14.2. The van der Waals surface area contributed by atoms with Crippen LogP contribution >= 0.6 is 0 Å². The molecule has 0 radical (unpaired) electrons. The molecule has 0 saturated heterocycles. The van der Waals surface area contributed by atoms with Crippen LogP contribution in [0, 0.1) is 11.7 Å². The number of benzene rings is 1. The largest absolute Gasteiger partial charge is 0.313 e. The summed E-state index contributed by atoms with van der Waals surface area (Å²) >= 11 is 0. The highest BCUT2D eigenvalue weighted by molar-refractivity contribution is 5.17. The highest BCUT2D eigenvalue weighted by atomic mass is 19.1. The van der Waals surface area contributed by atoms with E-state index in [0.717, 1.165) is 31.4 Å². The maximum absolute atomic E-state index is 13.1. The monoisotopic (exact) mass is 237 g/mol. The number of hydrogen-bond donors (Lipinski definition) is 1. The van der Waals surface area contributed by atoms with E-state index in [-0.39, 0.29) is 5.82 Å². The summed E-state index contributed by atoms with van der Waals surface area (Å²) in [6.07, 6.45) is 3.19. The predicted molar refractivity (Wildman–Crippen MR) is 71.6 cm³/mol. The Morgan fingerprint density at radius 3 is 2.65 bits per heavy atom. The minimum absolute atomic E-state index is 0.138. The van der Waals surface area contributed by atoms with E-state index in [0.29, 0.717) is 12.0 Å². The third-order valence-corrected chi connectivity index (χ3v) is 3.33. The topological polar surface area (TPSA) is 12.0 Å². The van der Waals surface area contributed by atoms with Gasteiger partial charge in [0.05, 0.1) is 0 Å². The molecule has 1 nitrogen and oxygen atoms in total. The molecule has 0 aliphatic rings. The molecule has 0 aromatic heterocycles. The van der Waals surface area contributed by atoms with Crippen LogP contribution in [0.2, 0.25) is 0 Å². The highest BCUT2D eigenvalue weighted by Gasteiger charge is 2.15. The predicted octanol–water partition coefficient (Wildman–Crippen LogP) is 3.78. The summed E-state index contributed by atoms with van der Waals surface area (Å²) < 4.78 is 13.1. The lowest BCUT2D eigenvalue weighted by Gasteiger charge is -2.24. The third kappa shape index (κ3) is 4.86. The van der Waals surface area contributed by atoms with E-state index in [1.807, 2.05) is 6.07 Å². The van der Waals surface area contributed by atoms with Crippen LogP contribution in [0.25, 0.3) is 0 Å². The van der Waals surface area contributed by atoms with Gasteiger partial charge in [0.2, 0.25) is 0 Å². The Labute approximate surface area is 104 Å². The molecule has 0 aliphatic carbocycles. The van der Waals surface area contributed by atoms with Crippen molar-refractivity contribution in [3.63, 3.8) is 0 Å². The Morgan fingerprint density at radius 1 is 1.29 bits per heavy atom. The van der Waals surface area contributed by atoms with Gasteiger partial charge in [0.15, 0.2) is 0 Å². The van der Waals surface area contributed by atoms with Gasteiger partial charge in [-0.1, -0.05) is 39.3 Å². The van der Waals surface area contributed by atoms with Crippen molar-refractivity contribution < 1.29 is 4.39 Å². The zero-order chi connectivity index (χ0) is 12.7. The first-order chi connectivity index (χ1) is 8.17. The second-order valence-corrected chi connectivity index (χ2v) is 4.78. The number of hydrogen-bond acceptors (Lipinski definition) is 1. The Kier molecular flexibility index (Phi) is 6.20. The molecule has 1 aromatic carbocycles. The molecule has 2 atom stereocenters. The minimum atomic E-state index is -0.138. The first-order valence-electron chi connectivity index (χ1n) is 6.65. The average Bonchev–Trinajstić information content (AvgIpc) is 2.33. The van der Waals surface area contributed by atoms with Gasteiger partial charge in [-0.3, -0.25) is 0 Å². The van der Waals surface area contributed by atoms with Crippen molar-refractivity contribution in [3.05, 3.63) is 35.6 Å². The summed E-state index contributed by atoms with van der Waals surface area (Å²) in [4.78, 5) is 0. The van der Waals surface area contributed by atoms with E-state index in [2.05, 4.69) is 26.1 Å². The van der Waals surface area contributed by atoms with Gasteiger partial charge < -0.3 is 5.32 Å². The molecule has 0 saturated carbocycles. The van der Waals surface area contributed by atoms with Gasteiger partial charge in [-0.15, -0.1) is 0 Å². The van der Waals surface area contributed by atoms with Crippen LogP contribution in [0.15, 0.2) is 24.3 Å². The van der Waals surface area contributed by atoms with Crippen LogP contribution in [0.1, 0.15) is 39.2 Å². The lowest BCUT2D eigenvalue weighted by Crippen LogP contribution is -2.37. The maximum atomic E-state index is 13.1. The van der Waals surface area contributed by atoms with Gasteiger partial charge in [0, 0.05) is 6.04 Å². The molecule has 96 valence electrons. The molecule has 0 spiro atoms. The highest BCUT2D eigenvalue weighted by Crippen LogP contribution is 2.14. The van der Waals surface area contributed by atoms with Crippen LogP contribution in [0.3, 0.4) is 0 Å². The van der Waals surface area contributed by atoms with Gasteiger partial charge in [-0.2, -0.15) is 0 Å². The number of rotatable bonds is 7. The standard InChI is InChI=1S/C15H24FN/c1-4-9-17-15(12(3)5-2)11-13-7-6-8-14(16)10-13/h6-8,10,12,15,17H,4-5,9,11H2,1-3H3. The fraction of sp³-hybridized carbons (Fsp3) is 0.600. The smallest absolute Gasteiger partial charge is 0.123 e. The maximum Gasteiger partial charge on any atom is 0.123 e. The molecule has 1 N–H and O–H groups in total. The van der Waals surface area contributed by atoms with Crippen LogP contribution in [0.5, 0.6) is 0 Å². The molecule has 0 fully saturated rings. The second-order valence-electron chi connectivity index (χ2n) is 4.78. The Hall–Kier alpha value is -0.890. The summed E-state index contributed by atoms with van der Waals surface area (Å²) in [5, 5.41) is 3.57. The SMILES string of the molecule is CCCNC(Cc1cccc(F)c1)C(C)CC. The summed E-state index contributed by atoms with van der Waals surface area (Å²) in [6, 6.07) is 7.39. The lowest BCUT2D eigenvalue weighted by atomic mass is 9.93. The normalized spacial score (nSPS) is 14.6. The van der Waals surface area contributed by atoms with E-state index in [9.17, 15) is 4.39 Å². The van der Waals surface area contributed by atoms with Crippen LogP contribution < -0.4 is 5.32 Å². The number of halogens is 1. The molecule has 2 heteroatoms. The van der Waals surface area contributed by atoms with Crippen molar-refractivity contribution in [2.75, 3.05) is 6.54 Å². The minimum Gasteiger partial charge on any atom is -0.313 e. The van der Waals surface area contributed by atoms with Gasteiger partial charge in [-0.05, 0) is 43.0 Å². The summed E-state index contributed by atoms with van der Waals surface area (Å²) in [7, 11) is 0. The molecule has 0 heterocycles. The summed E-state index contributed by atoms with van der Waals surface area (Å²) in [6.45, 7) is 7.66. The van der Waals surface area contributed by atoms with Crippen molar-refractivity contribution in [2.45, 2.75) is 46.1 Å². The molecule has 0 bridgehead atoms. The van der Waals surface area contributed by atoms with E-state index in [1.54, 1.807) is 12.1 Å². The van der Waals surface area contributed by atoms with Crippen molar-refractivity contribution in [3.8, 4) is 0 Å². The van der Waals surface area contributed by atoms with Gasteiger partial charge >= 0.3 is 0 Å². The van der Waals surface area contributed by atoms with Gasteiger partial charge in [0.1, 0.15) is 5.82 Å². The molecular weight excluding hydrogens is 213 g/mol. The molecular formula is C15H24FN. The van der Waals surface area contributed by atoms with E-state index >= 15 is 0 Å². The molecule has 0 aliphatic heterocycles. The van der Waals surface area contributed by atoms with Crippen LogP contribution in [0.4, 0.5) is 4.39 Å². The third-order valence-electron chi connectivity index (χ3n) is 3.33. The quantitative estimate of drug-likeness (QED) is 0.761. The van der Waals surface area contributed by atoms with Crippen molar-refractivity contribution in [1.29, 1.82) is 0 Å². The van der Waals surface area contributed by atoms with Crippen LogP contribution in [-0.4, -0.2) is 12.6 Å². The number of nitrogens with one attached hydrogen (secondary N) is 1. The second kappa shape index (κ2) is 7.44. The fourth-order valence-electron chi connectivity index (χ4n) is 2.01. The zero-order valence-corrected chi connectivity index (χ0v) is 11.2. The molecule has 2 unspecified atom stereocenters. The van der Waals surface area contributed by atoms with E-state index in [4.69, 9.17) is 0 Å². The molecule has 0 amide bonds. The fourth-order valence-corrected chi connectivity index (χ4v) is 2.01. The lowest BCUT2D eigenvalue weighted by molar-refractivity contribution is 0.364. The first-order valence-corrected chi connectivity index (χ1v) is 6.65. The summed E-state index contributed by atoms with van der Waals surface area (Å²) in [5.74, 6) is 0.478. The molecule has 1 aromatic rings. The van der Waals surface area contributed by atoms with Crippen molar-refractivity contribution in [2.24, 2.45) is 5.92 Å². The zero-order valence-electron chi connectivity index (χ0n) is 11.2. The Bertz CT molecular complexity index is 324. The Balaban J connectivity index is 2.64. The average molecular weight is 237 g/mol.